The van der Waals surface area contributed by atoms with Gasteiger partial charge in [0.2, 0.25) is 0 Å². The summed E-state index contributed by atoms with van der Waals surface area (Å²) in [5.41, 5.74) is 0.429. The Hall–Kier alpha value is -2.57. The number of likely N-dealkylation sites (tertiary alicyclic amines) is 1. The van der Waals surface area contributed by atoms with E-state index in [0.29, 0.717) is 31.7 Å². The predicted molar refractivity (Wildman–Crippen MR) is 86.6 cm³/mol. The predicted octanol–water partition coefficient (Wildman–Crippen LogP) is 1.87. The Kier molecular flexibility index (Phi) is 5.43. The monoisotopic (exact) mass is 334 g/mol. The first-order valence-corrected chi connectivity index (χ1v) is 7.88. The van der Waals surface area contributed by atoms with Crippen LogP contribution in [0.5, 0.6) is 0 Å². The second kappa shape index (κ2) is 7.33. The number of nitrogens with one attached hydrogen (secondary N) is 1. The third-order valence-corrected chi connectivity index (χ3v) is 4.19. The first-order chi connectivity index (χ1) is 11.4. The maximum absolute atomic E-state index is 12.1. The van der Waals surface area contributed by atoms with Crippen LogP contribution in [0.4, 0.5) is 4.79 Å². The lowest BCUT2D eigenvalue weighted by molar-refractivity contribution is -0.147. The molecule has 0 radical (unpaired) electrons. The lowest BCUT2D eigenvalue weighted by Crippen LogP contribution is -2.40. The van der Waals surface area contributed by atoms with Gasteiger partial charge < -0.3 is 20.1 Å². The molecule has 1 aliphatic rings. The number of carboxylic acids is 1. The van der Waals surface area contributed by atoms with Crippen molar-refractivity contribution in [1.29, 1.82) is 0 Å². The van der Waals surface area contributed by atoms with Crippen LogP contribution < -0.4 is 5.32 Å². The zero-order chi connectivity index (χ0) is 17.7. The van der Waals surface area contributed by atoms with Gasteiger partial charge in [0, 0.05) is 19.6 Å². The lowest BCUT2D eigenvalue weighted by atomic mass is 9.90. The second-order valence-corrected chi connectivity index (χ2v) is 6.11. The van der Waals surface area contributed by atoms with Crippen LogP contribution >= 0.6 is 0 Å². The van der Waals surface area contributed by atoms with Crippen molar-refractivity contribution < 1.29 is 24.2 Å². The Bertz CT molecular complexity index is 628. The Balaban J connectivity index is 1.86. The van der Waals surface area contributed by atoms with Crippen molar-refractivity contribution in [2.24, 2.45) is 5.41 Å². The van der Waals surface area contributed by atoms with E-state index in [9.17, 15) is 19.5 Å². The average molecular weight is 334 g/mol. The maximum Gasteiger partial charge on any atom is 0.338 e. The van der Waals surface area contributed by atoms with Crippen LogP contribution in [0.1, 0.15) is 36.2 Å². The van der Waals surface area contributed by atoms with Gasteiger partial charge in [-0.15, -0.1) is 0 Å². The van der Waals surface area contributed by atoms with Crippen molar-refractivity contribution in [2.75, 3.05) is 19.7 Å². The largest absolute Gasteiger partial charge is 0.481 e. The molecule has 0 aromatic heterocycles. The number of carboxylic acid groups (broad SMARTS) is 1. The summed E-state index contributed by atoms with van der Waals surface area (Å²) in [6, 6.07) is 6.51. The van der Waals surface area contributed by atoms with E-state index in [1.165, 1.54) is 4.90 Å². The standard InChI is InChI=1S/C17H22N2O5/c1-3-24-14(20)13-6-4-12(5-7-13)10-18-16(23)19-9-8-17(2,11-19)15(21)22/h4-7H,3,8-11H2,1-2H3,(H,18,23)(H,21,22). The summed E-state index contributed by atoms with van der Waals surface area (Å²) < 4.78 is 4.91. The minimum absolute atomic E-state index is 0.204. The molecule has 1 saturated heterocycles. The number of nitrogens with zero attached hydrogens (tertiary/aromatic N) is 1. The Morgan fingerprint density at radius 2 is 1.96 bits per heavy atom. The van der Waals surface area contributed by atoms with Crippen LogP contribution in [0.3, 0.4) is 0 Å². The van der Waals surface area contributed by atoms with Crippen LogP contribution in [0.15, 0.2) is 24.3 Å². The van der Waals surface area contributed by atoms with E-state index in [4.69, 9.17) is 4.74 Å². The first kappa shape index (κ1) is 17.8. The van der Waals surface area contributed by atoms with E-state index < -0.39 is 11.4 Å². The molecule has 1 atom stereocenters. The Morgan fingerprint density at radius 3 is 2.50 bits per heavy atom. The molecule has 7 nitrogen and oxygen atoms in total. The van der Waals surface area contributed by atoms with Crippen molar-refractivity contribution >= 4 is 18.0 Å². The average Bonchev–Trinajstić information content (AvgIpc) is 2.97. The highest BCUT2D eigenvalue weighted by Crippen LogP contribution is 2.29. The van der Waals surface area contributed by atoms with E-state index in [-0.39, 0.29) is 18.5 Å². The van der Waals surface area contributed by atoms with Gasteiger partial charge in [-0.25, -0.2) is 9.59 Å². The van der Waals surface area contributed by atoms with Crippen LogP contribution in [-0.4, -0.2) is 47.7 Å². The number of amides is 2. The number of esters is 1. The number of carbonyl (C=O) groups is 3. The van der Waals surface area contributed by atoms with Crippen LogP contribution in [0, 0.1) is 5.41 Å². The minimum Gasteiger partial charge on any atom is -0.481 e. The van der Waals surface area contributed by atoms with Crippen LogP contribution in [0.25, 0.3) is 0 Å². The van der Waals surface area contributed by atoms with Gasteiger partial charge in [0.1, 0.15) is 0 Å². The topological polar surface area (TPSA) is 95.9 Å². The van der Waals surface area contributed by atoms with E-state index >= 15 is 0 Å². The van der Waals surface area contributed by atoms with Gasteiger partial charge in [0.25, 0.3) is 0 Å². The molecule has 1 aliphatic heterocycles. The third-order valence-electron chi connectivity index (χ3n) is 4.19. The number of rotatable bonds is 5. The Morgan fingerprint density at radius 1 is 1.29 bits per heavy atom. The Labute approximate surface area is 140 Å². The number of benzene rings is 1. The van der Waals surface area contributed by atoms with E-state index in [2.05, 4.69) is 5.32 Å². The first-order valence-electron chi connectivity index (χ1n) is 7.88. The summed E-state index contributed by atoms with van der Waals surface area (Å²) in [6.45, 7) is 4.66. The highest BCUT2D eigenvalue weighted by molar-refractivity contribution is 5.89. The van der Waals surface area contributed by atoms with E-state index in [1.54, 1.807) is 38.1 Å². The molecule has 1 heterocycles. The van der Waals surface area contributed by atoms with Crippen molar-refractivity contribution in [3.05, 3.63) is 35.4 Å². The zero-order valence-corrected chi connectivity index (χ0v) is 13.9. The number of hydrogen-bond donors (Lipinski definition) is 2. The SMILES string of the molecule is CCOC(=O)c1ccc(CNC(=O)N2CCC(C)(C(=O)O)C2)cc1. The molecule has 130 valence electrons. The number of hydrogen-bond acceptors (Lipinski definition) is 4. The second-order valence-electron chi connectivity index (χ2n) is 6.11. The molecule has 2 N–H and O–H groups in total. The van der Waals surface area contributed by atoms with Gasteiger partial charge in [0.05, 0.1) is 17.6 Å². The minimum atomic E-state index is -0.882. The molecule has 0 aliphatic carbocycles. The smallest absolute Gasteiger partial charge is 0.338 e. The summed E-state index contributed by atoms with van der Waals surface area (Å²) in [4.78, 5) is 36.4. The van der Waals surface area contributed by atoms with E-state index in [0.717, 1.165) is 5.56 Å². The fourth-order valence-electron chi connectivity index (χ4n) is 2.57. The summed E-state index contributed by atoms with van der Waals surface area (Å²) in [5.74, 6) is -1.26. The van der Waals surface area contributed by atoms with Crippen LogP contribution in [-0.2, 0) is 16.1 Å². The molecule has 24 heavy (non-hydrogen) atoms. The van der Waals surface area contributed by atoms with Gasteiger partial charge in [-0.2, -0.15) is 0 Å². The number of urea groups is 1. The zero-order valence-electron chi connectivity index (χ0n) is 13.9. The van der Waals surface area contributed by atoms with Crippen molar-refractivity contribution in [3.8, 4) is 0 Å². The normalized spacial score (nSPS) is 19.8. The van der Waals surface area contributed by atoms with E-state index in [1.807, 2.05) is 0 Å². The number of ether oxygens (including phenoxy) is 1. The third kappa shape index (κ3) is 4.04. The van der Waals surface area contributed by atoms with Gasteiger partial charge in [-0.3, -0.25) is 4.79 Å². The van der Waals surface area contributed by atoms with Gasteiger partial charge >= 0.3 is 18.0 Å². The summed E-state index contributed by atoms with van der Waals surface area (Å²) >= 11 is 0. The summed E-state index contributed by atoms with van der Waals surface area (Å²) in [6.07, 6.45) is 0.448. The summed E-state index contributed by atoms with van der Waals surface area (Å²) in [5, 5.41) is 12.0. The molecule has 0 spiro atoms. The van der Waals surface area contributed by atoms with Gasteiger partial charge in [0.15, 0.2) is 0 Å². The van der Waals surface area contributed by atoms with Crippen molar-refractivity contribution in [3.63, 3.8) is 0 Å². The summed E-state index contributed by atoms with van der Waals surface area (Å²) in [7, 11) is 0. The molecule has 1 unspecified atom stereocenters. The lowest BCUT2D eigenvalue weighted by Gasteiger charge is -2.20. The molecular formula is C17H22N2O5. The van der Waals surface area contributed by atoms with Crippen molar-refractivity contribution in [2.45, 2.75) is 26.8 Å². The molecule has 2 amide bonds. The molecule has 2 rings (SSSR count). The van der Waals surface area contributed by atoms with Crippen LogP contribution in [0.2, 0.25) is 0 Å². The van der Waals surface area contributed by atoms with Crippen molar-refractivity contribution in [1.82, 2.24) is 10.2 Å². The fraction of sp³-hybridized carbons (Fsp3) is 0.471. The molecule has 1 aromatic rings. The molecule has 1 fully saturated rings. The quantitative estimate of drug-likeness (QED) is 0.802. The maximum atomic E-state index is 12.1. The molecule has 0 saturated carbocycles. The fourth-order valence-corrected chi connectivity index (χ4v) is 2.57. The van der Waals surface area contributed by atoms with Gasteiger partial charge in [-0.1, -0.05) is 12.1 Å². The molecule has 1 aromatic carbocycles. The number of aliphatic carboxylic acids is 1. The molecule has 0 bridgehead atoms. The highest BCUT2D eigenvalue weighted by Gasteiger charge is 2.42. The highest BCUT2D eigenvalue weighted by atomic mass is 16.5. The number of carbonyl (C=O) groups excluding carboxylic acids is 2. The molecular weight excluding hydrogens is 312 g/mol. The van der Waals surface area contributed by atoms with Gasteiger partial charge in [-0.05, 0) is 38.0 Å². The molecule has 7 heteroatoms.